The Morgan fingerprint density at radius 3 is 2.88 bits per heavy atom. The van der Waals surface area contributed by atoms with Gasteiger partial charge < -0.3 is 15.4 Å². The fourth-order valence-electron chi connectivity index (χ4n) is 3.86. The van der Waals surface area contributed by atoms with Crippen LogP contribution in [0.5, 0.6) is 5.75 Å². The summed E-state index contributed by atoms with van der Waals surface area (Å²) in [5, 5.41) is 8.32. The Morgan fingerprint density at radius 1 is 1.15 bits per heavy atom. The lowest BCUT2D eigenvalue weighted by atomic mass is 9.99. The lowest BCUT2D eigenvalue weighted by Crippen LogP contribution is -2.33. The summed E-state index contributed by atoms with van der Waals surface area (Å²) in [7, 11) is 1.71. The van der Waals surface area contributed by atoms with E-state index in [1.165, 1.54) is 64.3 Å². The Balaban J connectivity index is 1.34. The molecular formula is C22H33N3O. The largest absolute Gasteiger partial charge is 0.497 e. The Morgan fingerprint density at radius 2 is 2.04 bits per heavy atom. The molecule has 1 aromatic heterocycles. The number of nitrogens with one attached hydrogen (secondary N) is 2. The normalized spacial score (nSPS) is 17.3. The minimum atomic E-state index is 0.791. The van der Waals surface area contributed by atoms with E-state index in [0.29, 0.717) is 0 Å². The van der Waals surface area contributed by atoms with Crippen molar-refractivity contribution in [2.45, 2.75) is 63.8 Å². The maximum atomic E-state index is 5.41. The summed E-state index contributed by atoms with van der Waals surface area (Å²) in [5.74, 6) is 0.879. The van der Waals surface area contributed by atoms with Gasteiger partial charge in [-0.05, 0) is 44.4 Å². The molecule has 2 N–H and O–H groups in total. The van der Waals surface area contributed by atoms with Crippen LogP contribution in [0, 0.1) is 0 Å². The van der Waals surface area contributed by atoms with Gasteiger partial charge in [0.2, 0.25) is 0 Å². The average Bonchev–Trinajstić information content (AvgIpc) is 2.70. The third-order valence-corrected chi connectivity index (χ3v) is 5.37. The molecule has 0 amide bonds. The standard InChI is InChI=1S/C22H33N3O/c1-26-20-16-18-10-9-15-25-22(18)21(17-20)24-14-7-4-2-3-5-11-19-12-6-8-13-23-19/h9-10,15-17,19,23-24H,2-8,11-14H2,1H3. The van der Waals surface area contributed by atoms with Crippen molar-refractivity contribution in [3.05, 3.63) is 30.5 Å². The zero-order chi connectivity index (χ0) is 18.0. The van der Waals surface area contributed by atoms with Gasteiger partial charge in [-0.2, -0.15) is 0 Å². The van der Waals surface area contributed by atoms with Crippen molar-refractivity contribution >= 4 is 16.6 Å². The molecule has 142 valence electrons. The molecule has 1 aliphatic heterocycles. The summed E-state index contributed by atoms with van der Waals surface area (Å²) in [4.78, 5) is 4.52. The summed E-state index contributed by atoms with van der Waals surface area (Å²) in [6.45, 7) is 2.22. The fourth-order valence-corrected chi connectivity index (χ4v) is 3.86. The number of pyridine rings is 1. The molecule has 2 heterocycles. The minimum Gasteiger partial charge on any atom is -0.497 e. The lowest BCUT2D eigenvalue weighted by Gasteiger charge is -2.23. The van der Waals surface area contributed by atoms with Crippen LogP contribution in [-0.4, -0.2) is 31.2 Å². The van der Waals surface area contributed by atoms with Gasteiger partial charge in [0.25, 0.3) is 0 Å². The van der Waals surface area contributed by atoms with Crippen molar-refractivity contribution in [2.75, 3.05) is 25.5 Å². The number of unbranched alkanes of at least 4 members (excludes halogenated alkanes) is 4. The van der Waals surface area contributed by atoms with Gasteiger partial charge in [-0.15, -0.1) is 0 Å². The third-order valence-electron chi connectivity index (χ3n) is 5.37. The quantitative estimate of drug-likeness (QED) is 0.579. The number of benzene rings is 1. The van der Waals surface area contributed by atoms with E-state index in [9.17, 15) is 0 Å². The maximum absolute atomic E-state index is 5.41. The van der Waals surface area contributed by atoms with E-state index in [2.05, 4.69) is 21.7 Å². The summed E-state index contributed by atoms with van der Waals surface area (Å²) >= 11 is 0. The van der Waals surface area contributed by atoms with Crippen LogP contribution in [0.2, 0.25) is 0 Å². The van der Waals surface area contributed by atoms with Gasteiger partial charge in [0.05, 0.1) is 18.3 Å². The van der Waals surface area contributed by atoms with Gasteiger partial charge in [-0.25, -0.2) is 0 Å². The van der Waals surface area contributed by atoms with Crippen LogP contribution in [0.4, 0.5) is 5.69 Å². The monoisotopic (exact) mass is 355 g/mol. The molecule has 0 aliphatic carbocycles. The molecule has 0 bridgehead atoms. The van der Waals surface area contributed by atoms with Crippen molar-refractivity contribution in [3.63, 3.8) is 0 Å². The van der Waals surface area contributed by atoms with Gasteiger partial charge >= 0.3 is 0 Å². The molecule has 4 nitrogen and oxygen atoms in total. The number of ether oxygens (including phenoxy) is 1. The molecule has 1 unspecified atom stereocenters. The summed E-state index contributed by atoms with van der Waals surface area (Å²) in [6.07, 6.45) is 13.9. The second-order valence-corrected chi connectivity index (χ2v) is 7.38. The summed E-state index contributed by atoms with van der Waals surface area (Å²) in [6, 6.07) is 8.92. The molecule has 1 saturated heterocycles. The van der Waals surface area contributed by atoms with Crippen LogP contribution >= 0.6 is 0 Å². The second kappa shape index (κ2) is 10.4. The molecule has 1 aromatic carbocycles. The minimum absolute atomic E-state index is 0.791. The predicted molar refractivity (Wildman–Crippen MR) is 110 cm³/mol. The highest BCUT2D eigenvalue weighted by molar-refractivity contribution is 5.91. The van der Waals surface area contributed by atoms with Gasteiger partial charge in [-0.1, -0.05) is 38.2 Å². The average molecular weight is 356 g/mol. The van der Waals surface area contributed by atoms with Crippen molar-refractivity contribution in [1.29, 1.82) is 0 Å². The van der Waals surface area contributed by atoms with E-state index < -0.39 is 0 Å². The van der Waals surface area contributed by atoms with E-state index >= 15 is 0 Å². The highest BCUT2D eigenvalue weighted by Crippen LogP contribution is 2.27. The van der Waals surface area contributed by atoms with Crippen LogP contribution in [0.15, 0.2) is 30.5 Å². The Kier molecular flexibility index (Phi) is 7.56. The van der Waals surface area contributed by atoms with Gasteiger partial charge in [0.15, 0.2) is 0 Å². The molecule has 4 heteroatoms. The first-order valence-corrected chi connectivity index (χ1v) is 10.3. The van der Waals surface area contributed by atoms with E-state index in [1.807, 2.05) is 24.4 Å². The van der Waals surface area contributed by atoms with Crippen molar-refractivity contribution < 1.29 is 4.74 Å². The molecule has 0 radical (unpaired) electrons. The number of hydrogen-bond acceptors (Lipinski definition) is 4. The fraction of sp³-hybridized carbons (Fsp3) is 0.591. The highest BCUT2D eigenvalue weighted by Gasteiger charge is 2.11. The zero-order valence-electron chi connectivity index (χ0n) is 16.1. The molecule has 1 fully saturated rings. The number of nitrogens with zero attached hydrogens (tertiary/aromatic N) is 1. The number of fused-ring (bicyclic) bond motifs is 1. The lowest BCUT2D eigenvalue weighted by molar-refractivity contribution is 0.370. The Bertz CT molecular complexity index is 667. The van der Waals surface area contributed by atoms with Gasteiger partial charge in [-0.3, -0.25) is 4.98 Å². The topological polar surface area (TPSA) is 46.2 Å². The molecule has 3 rings (SSSR count). The zero-order valence-corrected chi connectivity index (χ0v) is 16.1. The van der Waals surface area contributed by atoms with Crippen molar-refractivity contribution in [3.8, 4) is 5.75 Å². The van der Waals surface area contributed by atoms with Crippen LogP contribution in [0.25, 0.3) is 10.9 Å². The van der Waals surface area contributed by atoms with Crippen molar-refractivity contribution in [1.82, 2.24) is 10.3 Å². The molecule has 2 aromatic rings. The van der Waals surface area contributed by atoms with Crippen LogP contribution in [0.1, 0.15) is 57.8 Å². The molecule has 0 spiro atoms. The molecule has 0 saturated carbocycles. The first kappa shape index (κ1) is 19.0. The van der Waals surface area contributed by atoms with Crippen LogP contribution in [0.3, 0.4) is 0 Å². The third kappa shape index (κ3) is 5.60. The number of anilines is 1. The number of piperidine rings is 1. The molecular weight excluding hydrogens is 322 g/mol. The smallest absolute Gasteiger partial charge is 0.121 e. The number of methoxy groups -OCH3 is 1. The van der Waals surface area contributed by atoms with Crippen LogP contribution < -0.4 is 15.4 Å². The number of hydrogen-bond donors (Lipinski definition) is 2. The highest BCUT2D eigenvalue weighted by atomic mass is 16.5. The maximum Gasteiger partial charge on any atom is 0.121 e. The second-order valence-electron chi connectivity index (χ2n) is 7.38. The summed E-state index contributed by atoms with van der Waals surface area (Å²) in [5.41, 5.74) is 2.09. The van der Waals surface area contributed by atoms with E-state index in [1.54, 1.807) is 7.11 Å². The van der Waals surface area contributed by atoms with E-state index in [0.717, 1.165) is 34.9 Å². The number of aromatic nitrogens is 1. The number of rotatable bonds is 10. The van der Waals surface area contributed by atoms with Gasteiger partial charge in [0, 0.05) is 30.2 Å². The Labute approximate surface area is 157 Å². The predicted octanol–water partition coefficient (Wildman–Crippen LogP) is 5.14. The van der Waals surface area contributed by atoms with E-state index in [-0.39, 0.29) is 0 Å². The molecule has 1 atom stereocenters. The van der Waals surface area contributed by atoms with Gasteiger partial charge in [0.1, 0.15) is 5.75 Å². The SMILES string of the molecule is COc1cc(NCCCCCCCC2CCCCN2)c2ncccc2c1. The summed E-state index contributed by atoms with van der Waals surface area (Å²) < 4.78 is 5.41. The Hall–Kier alpha value is -1.81. The van der Waals surface area contributed by atoms with E-state index in [4.69, 9.17) is 4.74 Å². The first-order valence-electron chi connectivity index (χ1n) is 10.3. The molecule has 26 heavy (non-hydrogen) atoms. The van der Waals surface area contributed by atoms with Crippen LogP contribution in [-0.2, 0) is 0 Å². The van der Waals surface area contributed by atoms with Crippen molar-refractivity contribution in [2.24, 2.45) is 0 Å². The molecule has 1 aliphatic rings. The first-order chi connectivity index (χ1) is 12.9.